The highest BCUT2D eigenvalue weighted by molar-refractivity contribution is 5.33. The standard InChI is InChI=1S/C13H22N6O/c1-17(2)7-8-19-13(11(20-4)9-15-19)12(14)10-5-6-18(3)16-10/h5-6,9,12H,7-8,14H2,1-4H3. The third kappa shape index (κ3) is 3.00. The Morgan fingerprint density at radius 2 is 2.20 bits per heavy atom. The first-order chi connectivity index (χ1) is 9.52. The zero-order valence-corrected chi connectivity index (χ0v) is 12.4. The van der Waals surface area contributed by atoms with Gasteiger partial charge in [0.25, 0.3) is 0 Å². The average Bonchev–Trinajstić information content (AvgIpc) is 3.01. The van der Waals surface area contributed by atoms with Gasteiger partial charge in [-0.25, -0.2) is 0 Å². The molecule has 0 amide bonds. The second-order valence-corrected chi connectivity index (χ2v) is 5.02. The van der Waals surface area contributed by atoms with Gasteiger partial charge in [0.05, 0.1) is 31.6 Å². The van der Waals surface area contributed by atoms with Crippen LogP contribution in [0.5, 0.6) is 5.75 Å². The molecule has 0 aliphatic rings. The lowest BCUT2D eigenvalue weighted by Crippen LogP contribution is -2.24. The highest BCUT2D eigenvalue weighted by atomic mass is 16.5. The quantitative estimate of drug-likeness (QED) is 0.819. The number of aryl methyl sites for hydroxylation is 1. The van der Waals surface area contributed by atoms with Crippen LogP contribution in [0.15, 0.2) is 18.5 Å². The van der Waals surface area contributed by atoms with E-state index in [4.69, 9.17) is 10.5 Å². The van der Waals surface area contributed by atoms with E-state index in [1.807, 2.05) is 38.1 Å². The molecule has 20 heavy (non-hydrogen) atoms. The average molecular weight is 278 g/mol. The Hall–Kier alpha value is -1.86. The molecule has 0 saturated carbocycles. The van der Waals surface area contributed by atoms with Gasteiger partial charge < -0.3 is 15.4 Å². The van der Waals surface area contributed by atoms with E-state index >= 15 is 0 Å². The molecule has 2 N–H and O–H groups in total. The summed E-state index contributed by atoms with van der Waals surface area (Å²) in [5.41, 5.74) is 7.99. The molecule has 1 atom stereocenters. The number of ether oxygens (including phenoxy) is 1. The first-order valence-corrected chi connectivity index (χ1v) is 6.52. The molecule has 7 nitrogen and oxygen atoms in total. The summed E-state index contributed by atoms with van der Waals surface area (Å²) in [7, 11) is 7.55. The largest absolute Gasteiger partial charge is 0.493 e. The SMILES string of the molecule is COc1cnn(CCN(C)C)c1C(N)c1ccn(C)n1. The van der Waals surface area contributed by atoms with E-state index < -0.39 is 0 Å². The van der Waals surface area contributed by atoms with Crippen molar-refractivity contribution in [2.45, 2.75) is 12.6 Å². The van der Waals surface area contributed by atoms with E-state index in [9.17, 15) is 0 Å². The molecule has 2 rings (SSSR count). The van der Waals surface area contributed by atoms with Gasteiger partial charge in [-0.3, -0.25) is 9.36 Å². The van der Waals surface area contributed by atoms with Gasteiger partial charge in [0.1, 0.15) is 5.69 Å². The maximum atomic E-state index is 6.33. The lowest BCUT2D eigenvalue weighted by atomic mass is 10.1. The van der Waals surface area contributed by atoms with Crippen LogP contribution in [0, 0.1) is 0 Å². The van der Waals surface area contributed by atoms with Crippen LogP contribution in [0.4, 0.5) is 0 Å². The zero-order valence-electron chi connectivity index (χ0n) is 12.4. The van der Waals surface area contributed by atoms with Crippen LogP contribution in [-0.2, 0) is 13.6 Å². The highest BCUT2D eigenvalue weighted by Crippen LogP contribution is 2.27. The second-order valence-electron chi connectivity index (χ2n) is 5.02. The first kappa shape index (κ1) is 14.5. The van der Waals surface area contributed by atoms with Crippen molar-refractivity contribution in [1.82, 2.24) is 24.5 Å². The van der Waals surface area contributed by atoms with E-state index in [-0.39, 0.29) is 6.04 Å². The Morgan fingerprint density at radius 3 is 2.75 bits per heavy atom. The molecule has 7 heteroatoms. The normalized spacial score (nSPS) is 12.9. The lowest BCUT2D eigenvalue weighted by Gasteiger charge is -2.16. The number of likely N-dealkylation sites (N-methyl/N-ethyl adjacent to an activating group) is 1. The molecule has 0 aliphatic heterocycles. The van der Waals surface area contributed by atoms with Gasteiger partial charge in [-0.2, -0.15) is 10.2 Å². The van der Waals surface area contributed by atoms with Crippen LogP contribution in [0.2, 0.25) is 0 Å². The third-order valence-corrected chi connectivity index (χ3v) is 3.17. The summed E-state index contributed by atoms with van der Waals surface area (Å²) in [6, 6.07) is 1.56. The molecule has 1 unspecified atom stereocenters. The smallest absolute Gasteiger partial charge is 0.161 e. The fraction of sp³-hybridized carbons (Fsp3) is 0.538. The van der Waals surface area contributed by atoms with E-state index in [0.29, 0.717) is 5.75 Å². The second kappa shape index (κ2) is 6.06. The molecule has 0 fully saturated rings. The highest BCUT2D eigenvalue weighted by Gasteiger charge is 2.22. The van der Waals surface area contributed by atoms with Crippen LogP contribution < -0.4 is 10.5 Å². The summed E-state index contributed by atoms with van der Waals surface area (Å²) in [5.74, 6) is 0.696. The predicted octanol–water partition coefficient (Wildman–Crippen LogP) is 0.235. The van der Waals surface area contributed by atoms with Gasteiger partial charge in [-0.05, 0) is 20.2 Å². The summed E-state index contributed by atoms with van der Waals surface area (Å²) < 4.78 is 9.00. The summed E-state index contributed by atoms with van der Waals surface area (Å²) in [6.45, 7) is 1.64. The topological polar surface area (TPSA) is 74.1 Å². The number of aromatic nitrogens is 4. The van der Waals surface area contributed by atoms with Crippen LogP contribution in [0.1, 0.15) is 17.4 Å². The number of rotatable bonds is 6. The van der Waals surface area contributed by atoms with Gasteiger partial charge in [0.15, 0.2) is 5.75 Å². The lowest BCUT2D eigenvalue weighted by molar-refractivity contribution is 0.363. The number of hydrogen-bond acceptors (Lipinski definition) is 5. The van der Waals surface area contributed by atoms with Gasteiger partial charge in [-0.1, -0.05) is 0 Å². The van der Waals surface area contributed by atoms with Gasteiger partial charge >= 0.3 is 0 Å². The number of methoxy groups -OCH3 is 1. The van der Waals surface area contributed by atoms with Crippen molar-refractivity contribution in [1.29, 1.82) is 0 Å². The minimum atomic E-state index is -0.351. The Balaban J connectivity index is 2.30. The Bertz CT molecular complexity index is 559. The number of hydrogen-bond donors (Lipinski definition) is 1. The number of nitrogens with two attached hydrogens (primary N) is 1. The Kier molecular flexibility index (Phi) is 4.41. The fourth-order valence-corrected chi connectivity index (χ4v) is 2.06. The summed E-state index contributed by atoms with van der Waals surface area (Å²) in [4.78, 5) is 2.10. The first-order valence-electron chi connectivity index (χ1n) is 6.52. The predicted molar refractivity (Wildman–Crippen MR) is 76.6 cm³/mol. The molecule has 2 heterocycles. The Labute approximate surface area is 118 Å². The van der Waals surface area contributed by atoms with Crippen molar-refractivity contribution in [3.05, 3.63) is 29.8 Å². The van der Waals surface area contributed by atoms with Crippen molar-refractivity contribution in [2.75, 3.05) is 27.7 Å². The van der Waals surface area contributed by atoms with Crippen LogP contribution in [-0.4, -0.2) is 52.2 Å². The molecular formula is C13H22N6O. The van der Waals surface area contributed by atoms with Crippen molar-refractivity contribution < 1.29 is 4.74 Å². The summed E-state index contributed by atoms with van der Waals surface area (Å²) in [5, 5.41) is 8.73. The zero-order chi connectivity index (χ0) is 14.7. The van der Waals surface area contributed by atoms with E-state index in [1.165, 1.54) is 0 Å². The maximum Gasteiger partial charge on any atom is 0.161 e. The molecule has 2 aromatic heterocycles. The van der Waals surface area contributed by atoms with Gasteiger partial charge in [-0.15, -0.1) is 0 Å². The van der Waals surface area contributed by atoms with E-state index in [0.717, 1.165) is 24.5 Å². The van der Waals surface area contributed by atoms with Crippen molar-refractivity contribution in [3.63, 3.8) is 0 Å². The molecule has 0 aromatic carbocycles. The third-order valence-electron chi connectivity index (χ3n) is 3.17. The fourth-order valence-electron chi connectivity index (χ4n) is 2.06. The molecule has 110 valence electrons. The molecule has 0 saturated heterocycles. The van der Waals surface area contributed by atoms with Crippen molar-refractivity contribution >= 4 is 0 Å². The van der Waals surface area contributed by atoms with E-state index in [2.05, 4.69) is 15.1 Å². The minimum Gasteiger partial charge on any atom is -0.493 e. The van der Waals surface area contributed by atoms with Crippen LogP contribution >= 0.6 is 0 Å². The van der Waals surface area contributed by atoms with Crippen molar-refractivity contribution in [3.8, 4) is 5.75 Å². The number of nitrogens with zero attached hydrogens (tertiary/aromatic N) is 5. The molecule has 0 spiro atoms. The molecule has 0 radical (unpaired) electrons. The molecule has 2 aromatic rings. The maximum absolute atomic E-state index is 6.33. The minimum absolute atomic E-state index is 0.351. The summed E-state index contributed by atoms with van der Waals surface area (Å²) in [6.07, 6.45) is 3.58. The molecule has 0 aliphatic carbocycles. The van der Waals surface area contributed by atoms with Crippen LogP contribution in [0.25, 0.3) is 0 Å². The van der Waals surface area contributed by atoms with Crippen molar-refractivity contribution in [2.24, 2.45) is 12.8 Å². The van der Waals surface area contributed by atoms with Gasteiger partial charge in [0.2, 0.25) is 0 Å². The Morgan fingerprint density at radius 1 is 1.45 bits per heavy atom. The monoisotopic (exact) mass is 278 g/mol. The molecular weight excluding hydrogens is 256 g/mol. The van der Waals surface area contributed by atoms with E-state index in [1.54, 1.807) is 18.0 Å². The summed E-state index contributed by atoms with van der Waals surface area (Å²) >= 11 is 0. The molecule has 0 bridgehead atoms. The van der Waals surface area contributed by atoms with Gasteiger partial charge in [0, 0.05) is 19.8 Å². The van der Waals surface area contributed by atoms with Crippen LogP contribution in [0.3, 0.4) is 0 Å².